The number of anilines is 1. The van der Waals surface area contributed by atoms with Crippen LogP contribution in [0, 0.1) is 12.8 Å². The minimum atomic E-state index is -0.250. The zero-order valence-corrected chi connectivity index (χ0v) is 18.4. The molecule has 0 spiro atoms. The number of carboxylic acid groups (broad SMARTS) is 1. The van der Waals surface area contributed by atoms with Gasteiger partial charge < -0.3 is 20.1 Å². The Bertz CT molecular complexity index is 707. The van der Waals surface area contributed by atoms with Gasteiger partial charge in [0.05, 0.1) is 5.92 Å². The van der Waals surface area contributed by atoms with Gasteiger partial charge in [-0.1, -0.05) is 0 Å². The summed E-state index contributed by atoms with van der Waals surface area (Å²) in [6, 6.07) is 2.81. The fourth-order valence-electron chi connectivity index (χ4n) is 4.83. The van der Waals surface area contributed by atoms with E-state index in [1.54, 1.807) is 6.33 Å². The number of nitrogens with zero attached hydrogens (tertiary/aromatic N) is 4. The van der Waals surface area contributed by atoms with Crippen molar-refractivity contribution < 1.29 is 19.4 Å². The molecular formula is C22H35N5O4. The van der Waals surface area contributed by atoms with E-state index in [9.17, 15) is 4.79 Å². The summed E-state index contributed by atoms with van der Waals surface area (Å²) in [5.74, 6) is 1.36. The number of likely N-dealkylation sites (tertiary alicyclic amines) is 2. The van der Waals surface area contributed by atoms with Crippen molar-refractivity contribution in [3.63, 3.8) is 0 Å². The van der Waals surface area contributed by atoms with Crippen LogP contribution < -0.4 is 5.32 Å². The van der Waals surface area contributed by atoms with Crippen molar-refractivity contribution in [2.45, 2.75) is 57.5 Å². The predicted molar refractivity (Wildman–Crippen MR) is 117 cm³/mol. The van der Waals surface area contributed by atoms with Gasteiger partial charge in [0.25, 0.3) is 6.47 Å². The van der Waals surface area contributed by atoms with Crippen LogP contribution in [0.25, 0.3) is 0 Å². The maximum Gasteiger partial charge on any atom is 0.290 e. The van der Waals surface area contributed by atoms with Crippen LogP contribution in [0.5, 0.6) is 0 Å². The Morgan fingerprint density at radius 2 is 1.87 bits per heavy atom. The van der Waals surface area contributed by atoms with Crippen LogP contribution in [0.4, 0.5) is 5.82 Å². The van der Waals surface area contributed by atoms with Gasteiger partial charge in [-0.3, -0.25) is 14.5 Å². The first-order chi connectivity index (χ1) is 15.1. The Hall–Kier alpha value is -2.26. The molecule has 0 aromatic carbocycles. The summed E-state index contributed by atoms with van der Waals surface area (Å²) in [4.78, 5) is 34.7. The van der Waals surface area contributed by atoms with Gasteiger partial charge in [-0.2, -0.15) is 0 Å². The van der Waals surface area contributed by atoms with Gasteiger partial charge in [-0.25, -0.2) is 9.97 Å². The van der Waals surface area contributed by atoms with E-state index in [1.807, 2.05) is 13.0 Å². The Morgan fingerprint density at radius 3 is 2.55 bits per heavy atom. The molecule has 1 amide bonds. The Labute approximate surface area is 184 Å². The highest BCUT2D eigenvalue weighted by molar-refractivity contribution is 5.79. The maximum absolute atomic E-state index is 13.1. The molecule has 3 aliphatic rings. The molecule has 2 atom stereocenters. The topological polar surface area (TPSA) is 108 Å². The standard InChI is InChI=1S/C21H33N5O2.CH2O2/c1-16-12-20(23-15-22-16)24-18-5-4-17(21(27)25-8-2-3-9-25)13-26(14-18)19-6-10-28-11-7-19;2-1-3/h12,15,17-19H,2-11,13-14H2,1H3,(H,22,23,24);1H,(H,2,3)/t17-,18+;/m1./s1. The first kappa shape index (κ1) is 23.4. The largest absolute Gasteiger partial charge is 0.483 e. The number of nitrogens with one attached hydrogen (secondary N) is 1. The number of carbonyl (C=O) groups is 2. The molecule has 172 valence electrons. The number of carbonyl (C=O) groups excluding carboxylic acids is 1. The number of aryl methyl sites for hydroxylation is 1. The summed E-state index contributed by atoms with van der Waals surface area (Å²) in [5, 5.41) is 10.5. The monoisotopic (exact) mass is 433 g/mol. The molecule has 3 fully saturated rings. The number of ether oxygens (including phenoxy) is 1. The van der Waals surface area contributed by atoms with Crippen LogP contribution in [0.15, 0.2) is 12.4 Å². The fourth-order valence-corrected chi connectivity index (χ4v) is 4.83. The third-order valence-corrected chi connectivity index (χ3v) is 6.40. The summed E-state index contributed by atoms with van der Waals surface area (Å²) in [6.07, 6.45) is 7.97. The highest BCUT2D eigenvalue weighted by atomic mass is 16.5. The van der Waals surface area contributed by atoms with E-state index in [-0.39, 0.29) is 12.4 Å². The molecule has 3 aliphatic heterocycles. The normalized spacial score (nSPS) is 25.3. The quantitative estimate of drug-likeness (QED) is 0.692. The van der Waals surface area contributed by atoms with Gasteiger partial charge in [0, 0.05) is 63.2 Å². The van der Waals surface area contributed by atoms with E-state index in [1.165, 1.54) is 0 Å². The van der Waals surface area contributed by atoms with Crippen molar-refractivity contribution in [3.8, 4) is 0 Å². The highest BCUT2D eigenvalue weighted by Gasteiger charge is 2.35. The zero-order chi connectivity index (χ0) is 22.1. The lowest BCUT2D eigenvalue weighted by molar-refractivity contribution is -0.135. The molecule has 0 saturated carbocycles. The van der Waals surface area contributed by atoms with Gasteiger partial charge in [0.15, 0.2) is 0 Å². The Balaban J connectivity index is 0.000000858. The lowest BCUT2D eigenvalue weighted by Crippen LogP contribution is -2.47. The van der Waals surface area contributed by atoms with E-state index in [2.05, 4.69) is 25.1 Å². The molecule has 4 rings (SSSR count). The molecule has 1 aromatic heterocycles. The van der Waals surface area contributed by atoms with Crippen molar-refractivity contribution in [3.05, 3.63) is 18.1 Å². The summed E-state index contributed by atoms with van der Waals surface area (Å²) < 4.78 is 5.58. The molecule has 0 radical (unpaired) electrons. The van der Waals surface area contributed by atoms with Crippen LogP contribution in [0.1, 0.15) is 44.2 Å². The van der Waals surface area contributed by atoms with E-state index in [0.29, 0.717) is 18.0 Å². The summed E-state index contributed by atoms with van der Waals surface area (Å²) >= 11 is 0. The molecule has 0 aliphatic carbocycles. The molecule has 4 heterocycles. The second-order valence-corrected chi connectivity index (χ2v) is 8.60. The molecule has 3 saturated heterocycles. The predicted octanol–water partition coefficient (Wildman–Crippen LogP) is 1.78. The second-order valence-electron chi connectivity index (χ2n) is 8.60. The lowest BCUT2D eigenvalue weighted by atomic mass is 9.99. The molecular weight excluding hydrogens is 398 g/mol. The summed E-state index contributed by atoms with van der Waals surface area (Å²) in [7, 11) is 0. The van der Waals surface area contributed by atoms with Gasteiger partial charge in [0.2, 0.25) is 5.91 Å². The van der Waals surface area contributed by atoms with E-state index < -0.39 is 0 Å². The molecule has 9 nitrogen and oxygen atoms in total. The van der Waals surface area contributed by atoms with Gasteiger partial charge in [-0.15, -0.1) is 0 Å². The van der Waals surface area contributed by atoms with E-state index >= 15 is 0 Å². The molecule has 9 heteroatoms. The third-order valence-electron chi connectivity index (χ3n) is 6.40. The van der Waals surface area contributed by atoms with Gasteiger partial charge in [-0.05, 0) is 45.4 Å². The summed E-state index contributed by atoms with van der Waals surface area (Å²) in [5.41, 5.74) is 0.967. The Kier molecular flexibility index (Phi) is 9.02. The molecule has 0 bridgehead atoms. The number of amides is 1. The van der Waals surface area contributed by atoms with Crippen LogP contribution >= 0.6 is 0 Å². The lowest BCUT2D eigenvalue weighted by Gasteiger charge is -2.36. The molecule has 31 heavy (non-hydrogen) atoms. The van der Waals surface area contributed by atoms with Gasteiger partial charge in [0.1, 0.15) is 12.1 Å². The average molecular weight is 434 g/mol. The first-order valence-electron chi connectivity index (χ1n) is 11.3. The minimum absolute atomic E-state index is 0.111. The third kappa shape index (κ3) is 6.87. The van der Waals surface area contributed by atoms with Crippen LogP contribution in [-0.2, 0) is 14.3 Å². The number of hydrogen-bond donors (Lipinski definition) is 2. The highest BCUT2D eigenvalue weighted by Crippen LogP contribution is 2.26. The zero-order valence-electron chi connectivity index (χ0n) is 18.4. The maximum atomic E-state index is 13.1. The van der Waals surface area contributed by atoms with E-state index in [0.717, 1.165) is 89.4 Å². The number of rotatable bonds is 4. The van der Waals surface area contributed by atoms with Crippen molar-refractivity contribution in [2.75, 3.05) is 44.7 Å². The molecule has 2 N–H and O–H groups in total. The SMILES string of the molecule is Cc1cc(N[C@H]2CC[C@@H](C(=O)N3CCCC3)CN(C3CCOCC3)C2)ncn1.O=CO. The van der Waals surface area contributed by atoms with Crippen molar-refractivity contribution >= 4 is 18.2 Å². The smallest absolute Gasteiger partial charge is 0.290 e. The minimum Gasteiger partial charge on any atom is -0.483 e. The number of hydrogen-bond acceptors (Lipinski definition) is 7. The summed E-state index contributed by atoms with van der Waals surface area (Å²) in [6.45, 7) is 7.10. The molecule has 0 unspecified atom stereocenters. The van der Waals surface area contributed by atoms with Crippen LogP contribution in [-0.4, -0.2) is 88.7 Å². The van der Waals surface area contributed by atoms with Crippen molar-refractivity contribution in [2.24, 2.45) is 5.92 Å². The molecule has 1 aromatic rings. The fraction of sp³-hybridized carbons (Fsp3) is 0.727. The van der Waals surface area contributed by atoms with E-state index in [4.69, 9.17) is 14.6 Å². The van der Waals surface area contributed by atoms with Gasteiger partial charge >= 0.3 is 0 Å². The van der Waals surface area contributed by atoms with Crippen molar-refractivity contribution in [1.82, 2.24) is 19.8 Å². The second kappa shape index (κ2) is 12.0. The Morgan fingerprint density at radius 1 is 1.16 bits per heavy atom. The van der Waals surface area contributed by atoms with Crippen LogP contribution in [0.3, 0.4) is 0 Å². The average Bonchev–Trinajstić information content (AvgIpc) is 3.23. The number of aromatic nitrogens is 2. The van der Waals surface area contributed by atoms with Crippen molar-refractivity contribution in [1.29, 1.82) is 0 Å². The first-order valence-corrected chi connectivity index (χ1v) is 11.3. The van der Waals surface area contributed by atoms with Crippen LogP contribution in [0.2, 0.25) is 0 Å².